The van der Waals surface area contributed by atoms with Crippen LogP contribution in [-0.2, 0) is 25.7 Å². The summed E-state index contributed by atoms with van der Waals surface area (Å²) in [7, 11) is 0. The molecular formula is C50H62O. The lowest BCUT2D eigenvalue weighted by molar-refractivity contribution is 0.486. The summed E-state index contributed by atoms with van der Waals surface area (Å²) < 4.78 is 7.62. The predicted molar refractivity (Wildman–Crippen MR) is 225 cm³/mol. The van der Waals surface area contributed by atoms with E-state index in [4.69, 9.17) is 4.74 Å². The molecule has 0 aromatic heterocycles. The van der Waals surface area contributed by atoms with E-state index in [0.29, 0.717) is 0 Å². The minimum absolute atomic E-state index is 1.07. The highest BCUT2D eigenvalue weighted by molar-refractivity contribution is 6.11. The third-order valence-corrected chi connectivity index (χ3v) is 11.4. The number of unbranched alkanes of at least 4 members (excludes halogenated alkanes) is 8. The molecule has 0 heterocycles. The fourth-order valence-electron chi connectivity index (χ4n) is 8.68. The lowest BCUT2D eigenvalue weighted by Crippen LogP contribution is -2.03. The molecule has 0 saturated heterocycles. The smallest absolute Gasteiger partial charge is 0.138 e. The van der Waals surface area contributed by atoms with Crippen molar-refractivity contribution in [1.82, 2.24) is 0 Å². The summed E-state index contributed by atoms with van der Waals surface area (Å²) in [6, 6.07) is 28.0. The van der Waals surface area contributed by atoms with Crippen LogP contribution in [0.3, 0.4) is 0 Å². The summed E-state index contributed by atoms with van der Waals surface area (Å²) >= 11 is 0. The molecule has 0 fully saturated rings. The molecule has 6 aromatic carbocycles. The molecule has 51 heavy (non-hydrogen) atoms. The van der Waals surface area contributed by atoms with Crippen LogP contribution in [0.15, 0.2) is 72.8 Å². The molecule has 0 amide bonds. The van der Waals surface area contributed by atoms with Crippen molar-refractivity contribution >= 4 is 43.1 Å². The molecule has 0 N–H and O–H groups in total. The third kappa shape index (κ3) is 7.69. The van der Waals surface area contributed by atoms with Crippen LogP contribution in [0, 0.1) is 13.8 Å². The van der Waals surface area contributed by atoms with Gasteiger partial charge in [-0.05, 0) is 131 Å². The topological polar surface area (TPSA) is 9.23 Å². The van der Waals surface area contributed by atoms with Gasteiger partial charge in [0.25, 0.3) is 0 Å². The van der Waals surface area contributed by atoms with Gasteiger partial charge in [-0.2, -0.15) is 0 Å². The van der Waals surface area contributed by atoms with Crippen LogP contribution < -0.4 is 4.74 Å². The Kier molecular flexibility index (Phi) is 12.7. The van der Waals surface area contributed by atoms with Gasteiger partial charge in [-0.1, -0.05) is 152 Å². The van der Waals surface area contributed by atoms with Crippen molar-refractivity contribution in [3.05, 3.63) is 106 Å². The Morgan fingerprint density at radius 3 is 1.00 bits per heavy atom. The second-order valence-corrected chi connectivity index (χ2v) is 15.2. The van der Waals surface area contributed by atoms with Gasteiger partial charge in [-0.25, -0.2) is 0 Å². The zero-order valence-electron chi connectivity index (χ0n) is 32.7. The highest BCUT2D eigenvalue weighted by Crippen LogP contribution is 2.47. The Hall–Kier alpha value is -3.84. The molecular weight excluding hydrogens is 617 g/mol. The van der Waals surface area contributed by atoms with Crippen LogP contribution in [0.5, 0.6) is 11.5 Å². The first kappa shape index (κ1) is 36.9. The first-order chi connectivity index (χ1) is 25.0. The minimum atomic E-state index is 1.07. The summed E-state index contributed by atoms with van der Waals surface area (Å²) in [5, 5.41) is 11.2. The monoisotopic (exact) mass is 678 g/mol. The van der Waals surface area contributed by atoms with E-state index in [1.165, 1.54) is 154 Å². The van der Waals surface area contributed by atoms with Crippen molar-refractivity contribution < 1.29 is 4.74 Å². The van der Waals surface area contributed by atoms with Crippen molar-refractivity contribution in [1.29, 1.82) is 0 Å². The SMILES string of the molecule is CCCCCc1c2ccccc2c(CCCCC)c2c(Oc3c(C)ccc4c(CCCCC)c5ccccc5c(CCCCC)c34)c(C)ccc12. The van der Waals surface area contributed by atoms with E-state index >= 15 is 0 Å². The maximum atomic E-state index is 7.62. The number of aryl methyl sites for hydroxylation is 6. The van der Waals surface area contributed by atoms with Crippen LogP contribution >= 0.6 is 0 Å². The Labute approximate surface area is 308 Å². The number of hydrogen-bond acceptors (Lipinski definition) is 1. The molecule has 0 spiro atoms. The predicted octanol–water partition coefficient (Wildman–Crippen LogP) is 15.6. The van der Waals surface area contributed by atoms with Crippen LogP contribution in [-0.4, -0.2) is 0 Å². The maximum absolute atomic E-state index is 7.62. The number of hydrogen-bond donors (Lipinski definition) is 0. The summed E-state index contributed by atoms with van der Waals surface area (Å²) in [4.78, 5) is 0. The van der Waals surface area contributed by atoms with Crippen molar-refractivity contribution in [3.8, 4) is 11.5 Å². The summed E-state index contributed by atoms with van der Waals surface area (Å²) in [5.41, 5.74) is 8.39. The molecule has 0 bridgehead atoms. The number of ether oxygens (including phenoxy) is 1. The van der Waals surface area contributed by atoms with Gasteiger partial charge in [0, 0.05) is 10.8 Å². The second kappa shape index (κ2) is 17.6. The molecule has 0 aliphatic carbocycles. The van der Waals surface area contributed by atoms with Gasteiger partial charge in [-0.3, -0.25) is 0 Å². The number of rotatable bonds is 18. The molecule has 0 radical (unpaired) electrons. The molecule has 0 saturated carbocycles. The standard InChI is InChI=1S/C50H62O/c1-7-11-15-23-41-37-25-19-21-27-39(37)43(29-17-13-9-3)47-45(41)33-31-35(5)49(47)51-50-36(6)32-34-46-42(24-16-12-8-2)38-26-20-22-28-40(38)44(48(46)50)30-18-14-10-4/h19-22,25-28,31-34H,7-18,23-24,29-30H2,1-6H3. The van der Waals surface area contributed by atoms with Crippen molar-refractivity contribution in [2.75, 3.05) is 0 Å². The molecule has 0 aliphatic rings. The highest BCUT2D eigenvalue weighted by atomic mass is 16.5. The van der Waals surface area contributed by atoms with Crippen molar-refractivity contribution in [2.45, 2.75) is 144 Å². The highest BCUT2D eigenvalue weighted by Gasteiger charge is 2.23. The molecule has 1 heteroatoms. The van der Waals surface area contributed by atoms with Crippen LogP contribution in [0.2, 0.25) is 0 Å². The molecule has 6 rings (SSSR count). The Morgan fingerprint density at radius 2 is 0.667 bits per heavy atom. The molecule has 0 atom stereocenters. The zero-order valence-corrected chi connectivity index (χ0v) is 32.7. The van der Waals surface area contributed by atoms with E-state index in [-0.39, 0.29) is 0 Å². The van der Waals surface area contributed by atoms with Gasteiger partial charge in [0.15, 0.2) is 0 Å². The van der Waals surface area contributed by atoms with Gasteiger partial charge >= 0.3 is 0 Å². The normalized spacial score (nSPS) is 11.8. The van der Waals surface area contributed by atoms with Gasteiger partial charge in [0.2, 0.25) is 0 Å². The molecule has 0 aliphatic heterocycles. The third-order valence-electron chi connectivity index (χ3n) is 11.4. The fourth-order valence-corrected chi connectivity index (χ4v) is 8.68. The Bertz CT molecular complexity index is 1950. The maximum Gasteiger partial charge on any atom is 0.138 e. The zero-order chi connectivity index (χ0) is 35.7. The summed E-state index contributed by atoms with van der Waals surface area (Å²) in [5.74, 6) is 2.13. The van der Waals surface area contributed by atoms with Gasteiger partial charge < -0.3 is 4.74 Å². The molecule has 268 valence electrons. The second-order valence-electron chi connectivity index (χ2n) is 15.2. The fraction of sp³-hybridized carbons (Fsp3) is 0.440. The van der Waals surface area contributed by atoms with Crippen LogP contribution in [0.1, 0.15) is 138 Å². The largest absolute Gasteiger partial charge is 0.455 e. The van der Waals surface area contributed by atoms with Gasteiger partial charge in [0.05, 0.1) is 0 Å². The summed E-state index contributed by atoms with van der Waals surface area (Å²) in [6.45, 7) is 13.8. The quantitative estimate of drug-likeness (QED) is 0.0649. The van der Waals surface area contributed by atoms with Crippen molar-refractivity contribution in [3.63, 3.8) is 0 Å². The molecule has 6 aromatic rings. The average Bonchev–Trinajstić information content (AvgIpc) is 3.15. The van der Waals surface area contributed by atoms with E-state index < -0.39 is 0 Å². The van der Waals surface area contributed by atoms with Crippen molar-refractivity contribution in [2.24, 2.45) is 0 Å². The number of benzene rings is 6. The van der Waals surface area contributed by atoms with Crippen LogP contribution in [0.25, 0.3) is 43.1 Å². The first-order valence-corrected chi connectivity index (χ1v) is 20.6. The summed E-state index contributed by atoms with van der Waals surface area (Å²) in [6.07, 6.45) is 19.1. The lowest BCUT2D eigenvalue weighted by Gasteiger charge is -2.24. The van der Waals surface area contributed by atoms with Gasteiger partial charge in [-0.15, -0.1) is 0 Å². The molecule has 0 unspecified atom stereocenters. The molecule has 1 nitrogen and oxygen atoms in total. The Morgan fingerprint density at radius 1 is 0.353 bits per heavy atom. The van der Waals surface area contributed by atoms with E-state index in [1.54, 1.807) is 0 Å². The lowest BCUT2D eigenvalue weighted by atomic mass is 9.85. The van der Waals surface area contributed by atoms with Gasteiger partial charge in [0.1, 0.15) is 11.5 Å². The minimum Gasteiger partial charge on any atom is -0.455 e. The van der Waals surface area contributed by atoms with E-state index in [9.17, 15) is 0 Å². The Balaban J connectivity index is 1.66. The van der Waals surface area contributed by atoms with E-state index in [2.05, 4.69) is 114 Å². The number of fused-ring (bicyclic) bond motifs is 4. The van der Waals surface area contributed by atoms with Crippen LogP contribution in [0.4, 0.5) is 0 Å². The average molecular weight is 679 g/mol. The van der Waals surface area contributed by atoms with E-state index in [0.717, 1.165) is 37.2 Å². The van der Waals surface area contributed by atoms with E-state index in [1.807, 2.05) is 0 Å². The first-order valence-electron chi connectivity index (χ1n) is 20.6.